The Morgan fingerprint density at radius 2 is 1.72 bits per heavy atom. The first kappa shape index (κ1) is 21.7. The first-order valence-corrected chi connectivity index (χ1v) is 11.4. The van der Waals surface area contributed by atoms with Crippen LogP contribution in [-0.4, -0.2) is 75.0 Å². The minimum Gasteiger partial charge on any atom is -0.449 e. The molecule has 1 aromatic rings. The van der Waals surface area contributed by atoms with Gasteiger partial charge in [0.15, 0.2) is 6.10 Å². The zero-order chi connectivity index (χ0) is 21.0. The zero-order valence-electron chi connectivity index (χ0n) is 16.9. The smallest absolute Gasteiger partial charge is 0.338 e. The number of rotatable bonds is 5. The number of piperidine rings is 1. The Kier molecular flexibility index (Phi) is 6.92. The lowest BCUT2D eigenvalue weighted by Crippen LogP contribution is -2.46. The van der Waals surface area contributed by atoms with E-state index in [2.05, 4.69) is 0 Å². The van der Waals surface area contributed by atoms with Gasteiger partial charge in [-0.25, -0.2) is 13.2 Å². The van der Waals surface area contributed by atoms with Gasteiger partial charge in [-0.15, -0.1) is 0 Å². The zero-order valence-corrected chi connectivity index (χ0v) is 17.7. The molecule has 0 aromatic heterocycles. The van der Waals surface area contributed by atoms with E-state index in [1.807, 2.05) is 0 Å². The number of hydrogen-bond donors (Lipinski definition) is 0. The minimum atomic E-state index is -3.67. The molecule has 0 N–H and O–H groups in total. The van der Waals surface area contributed by atoms with Crippen LogP contribution < -0.4 is 0 Å². The van der Waals surface area contributed by atoms with E-state index in [0.717, 1.165) is 19.3 Å². The third-order valence-electron chi connectivity index (χ3n) is 5.31. The number of carbonyl (C=O) groups is 2. The van der Waals surface area contributed by atoms with Crippen LogP contribution in [0, 0.1) is 6.92 Å². The molecule has 0 aliphatic carbocycles. The summed E-state index contributed by atoms with van der Waals surface area (Å²) in [6.45, 7) is 6.05. The molecule has 1 unspecified atom stereocenters. The normalized spacial score (nSPS) is 19.6. The lowest BCUT2D eigenvalue weighted by Gasteiger charge is -2.29. The molecule has 1 atom stereocenters. The van der Waals surface area contributed by atoms with Gasteiger partial charge in [0.25, 0.3) is 5.91 Å². The van der Waals surface area contributed by atoms with Gasteiger partial charge in [0.2, 0.25) is 10.0 Å². The number of carbonyl (C=O) groups excluding carboxylic acids is 2. The van der Waals surface area contributed by atoms with Crippen molar-refractivity contribution < 1.29 is 27.5 Å². The molecule has 0 radical (unpaired) electrons. The van der Waals surface area contributed by atoms with Crippen molar-refractivity contribution in [2.75, 3.05) is 39.4 Å². The van der Waals surface area contributed by atoms with Gasteiger partial charge in [-0.1, -0.05) is 12.5 Å². The average Bonchev–Trinajstić information content (AvgIpc) is 2.74. The Bertz CT molecular complexity index is 858. The van der Waals surface area contributed by atoms with Crippen molar-refractivity contribution in [2.24, 2.45) is 0 Å². The number of nitrogens with zero attached hydrogens (tertiary/aromatic N) is 2. The number of aryl methyl sites for hydroxylation is 1. The summed E-state index contributed by atoms with van der Waals surface area (Å²) in [7, 11) is -3.67. The van der Waals surface area contributed by atoms with Crippen LogP contribution in [0.25, 0.3) is 0 Å². The molecule has 29 heavy (non-hydrogen) atoms. The fourth-order valence-electron chi connectivity index (χ4n) is 3.57. The molecule has 1 amide bonds. The summed E-state index contributed by atoms with van der Waals surface area (Å²) in [6.07, 6.45) is 1.73. The van der Waals surface area contributed by atoms with Gasteiger partial charge in [-0.05, 0) is 44.4 Å². The maximum atomic E-state index is 13.0. The molecule has 0 saturated carbocycles. The Hall–Kier alpha value is -1.97. The molecule has 2 aliphatic rings. The van der Waals surface area contributed by atoms with E-state index in [9.17, 15) is 18.0 Å². The summed E-state index contributed by atoms with van der Waals surface area (Å²) < 4.78 is 38.1. The molecule has 2 aliphatic heterocycles. The maximum Gasteiger partial charge on any atom is 0.338 e. The van der Waals surface area contributed by atoms with Gasteiger partial charge in [0.1, 0.15) is 0 Å². The summed E-state index contributed by atoms with van der Waals surface area (Å²) in [6, 6.07) is 4.48. The van der Waals surface area contributed by atoms with Crippen molar-refractivity contribution in [2.45, 2.75) is 44.1 Å². The number of morpholine rings is 1. The van der Waals surface area contributed by atoms with E-state index in [1.54, 1.807) is 17.9 Å². The topological polar surface area (TPSA) is 93.2 Å². The summed E-state index contributed by atoms with van der Waals surface area (Å²) in [5.74, 6) is -0.996. The first-order chi connectivity index (χ1) is 13.8. The van der Waals surface area contributed by atoms with Crippen LogP contribution in [0.2, 0.25) is 0 Å². The number of esters is 1. The molecular weight excluding hydrogens is 396 g/mol. The van der Waals surface area contributed by atoms with Crippen molar-refractivity contribution in [1.82, 2.24) is 9.21 Å². The van der Waals surface area contributed by atoms with Crippen molar-refractivity contribution in [1.29, 1.82) is 0 Å². The van der Waals surface area contributed by atoms with Crippen LogP contribution in [0.3, 0.4) is 0 Å². The Morgan fingerprint density at radius 3 is 2.38 bits per heavy atom. The second-order valence-corrected chi connectivity index (χ2v) is 9.34. The fraction of sp³-hybridized carbons (Fsp3) is 0.600. The quantitative estimate of drug-likeness (QED) is 0.666. The summed E-state index contributed by atoms with van der Waals surface area (Å²) in [5, 5.41) is 0. The first-order valence-electron chi connectivity index (χ1n) is 9.99. The van der Waals surface area contributed by atoms with Crippen LogP contribution in [-0.2, 0) is 24.3 Å². The molecular formula is C20H28N2O6S. The van der Waals surface area contributed by atoms with Crippen LogP contribution >= 0.6 is 0 Å². The minimum absolute atomic E-state index is 0.112. The Morgan fingerprint density at radius 1 is 1.07 bits per heavy atom. The van der Waals surface area contributed by atoms with Crippen molar-refractivity contribution in [3.8, 4) is 0 Å². The lowest BCUT2D eigenvalue weighted by atomic mass is 10.1. The van der Waals surface area contributed by atoms with Gasteiger partial charge < -0.3 is 14.4 Å². The van der Waals surface area contributed by atoms with Crippen LogP contribution in [0.5, 0.6) is 0 Å². The summed E-state index contributed by atoms with van der Waals surface area (Å²) in [4.78, 5) is 26.7. The highest BCUT2D eigenvalue weighted by Crippen LogP contribution is 2.25. The highest BCUT2D eigenvalue weighted by atomic mass is 32.2. The van der Waals surface area contributed by atoms with Gasteiger partial charge in [-0.2, -0.15) is 4.31 Å². The van der Waals surface area contributed by atoms with E-state index < -0.39 is 22.1 Å². The predicted octanol–water partition coefficient (Wildman–Crippen LogP) is 1.57. The van der Waals surface area contributed by atoms with Crippen molar-refractivity contribution in [3.05, 3.63) is 29.3 Å². The number of benzene rings is 1. The van der Waals surface area contributed by atoms with Gasteiger partial charge in [-0.3, -0.25) is 4.79 Å². The average molecular weight is 425 g/mol. The van der Waals surface area contributed by atoms with E-state index >= 15 is 0 Å². The molecule has 8 nitrogen and oxygen atoms in total. The molecule has 160 valence electrons. The van der Waals surface area contributed by atoms with Crippen LogP contribution in [0.15, 0.2) is 23.1 Å². The number of ether oxygens (including phenoxy) is 2. The second-order valence-electron chi connectivity index (χ2n) is 7.43. The fourth-order valence-corrected chi connectivity index (χ4v) is 5.34. The summed E-state index contributed by atoms with van der Waals surface area (Å²) in [5.41, 5.74) is 0.692. The molecule has 0 bridgehead atoms. The van der Waals surface area contributed by atoms with Crippen molar-refractivity contribution >= 4 is 21.9 Å². The molecule has 2 heterocycles. The Balaban J connectivity index is 1.74. The monoisotopic (exact) mass is 424 g/mol. The van der Waals surface area contributed by atoms with E-state index in [0.29, 0.717) is 45.0 Å². The summed E-state index contributed by atoms with van der Waals surface area (Å²) >= 11 is 0. The highest BCUT2D eigenvalue weighted by Gasteiger charge is 2.29. The van der Waals surface area contributed by atoms with E-state index in [-0.39, 0.29) is 16.4 Å². The van der Waals surface area contributed by atoms with Gasteiger partial charge >= 0.3 is 5.97 Å². The second kappa shape index (κ2) is 9.23. The SMILES string of the molecule is Cc1ccc(C(=O)OC(C)C(=O)N2CCOCC2)cc1S(=O)(=O)N1CCCCC1. The molecule has 3 rings (SSSR count). The Labute approximate surface area is 171 Å². The molecule has 0 spiro atoms. The lowest BCUT2D eigenvalue weighted by molar-refractivity contribution is -0.143. The number of sulfonamides is 1. The third-order valence-corrected chi connectivity index (χ3v) is 7.35. The van der Waals surface area contributed by atoms with E-state index in [4.69, 9.17) is 9.47 Å². The largest absolute Gasteiger partial charge is 0.449 e. The van der Waals surface area contributed by atoms with Crippen LogP contribution in [0.4, 0.5) is 0 Å². The third kappa shape index (κ3) is 4.96. The van der Waals surface area contributed by atoms with Crippen molar-refractivity contribution in [3.63, 3.8) is 0 Å². The standard InChI is InChI=1S/C20H28N2O6S/c1-15-6-7-17(14-18(15)29(25,26)22-8-4-3-5-9-22)20(24)28-16(2)19(23)21-10-12-27-13-11-21/h6-7,14,16H,3-5,8-13H2,1-2H3. The molecule has 9 heteroatoms. The highest BCUT2D eigenvalue weighted by molar-refractivity contribution is 7.89. The molecule has 2 saturated heterocycles. The molecule has 1 aromatic carbocycles. The predicted molar refractivity (Wildman–Crippen MR) is 106 cm³/mol. The van der Waals surface area contributed by atoms with E-state index in [1.165, 1.54) is 23.4 Å². The maximum absolute atomic E-state index is 13.0. The number of amides is 1. The van der Waals surface area contributed by atoms with Crippen LogP contribution in [0.1, 0.15) is 42.1 Å². The number of hydrogen-bond acceptors (Lipinski definition) is 6. The molecule has 2 fully saturated rings. The van der Waals surface area contributed by atoms with Gasteiger partial charge in [0.05, 0.1) is 23.7 Å². The van der Waals surface area contributed by atoms with Gasteiger partial charge in [0, 0.05) is 26.2 Å².